The van der Waals surface area contributed by atoms with Gasteiger partial charge in [-0.15, -0.1) is 0 Å². The first kappa shape index (κ1) is 24.4. The summed E-state index contributed by atoms with van der Waals surface area (Å²) >= 11 is 0. The quantitative estimate of drug-likeness (QED) is 0.277. The van der Waals surface area contributed by atoms with E-state index in [-0.39, 0.29) is 5.91 Å². The zero-order valence-electron chi connectivity index (χ0n) is 16.7. The van der Waals surface area contributed by atoms with Gasteiger partial charge in [-0.3, -0.25) is 4.79 Å². The summed E-state index contributed by atoms with van der Waals surface area (Å²) in [6, 6.07) is 0. The van der Waals surface area contributed by atoms with Crippen molar-refractivity contribution in [2.75, 3.05) is 14.1 Å². The monoisotopic (exact) mass is 363 g/mol. The lowest BCUT2D eigenvalue weighted by Crippen LogP contribution is -2.21. The molecule has 2 atom stereocenters. The largest absolute Gasteiger partial charge is 0.389 e. The van der Waals surface area contributed by atoms with Crippen molar-refractivity contribution in [3.05, 3.63) is 48.6 Å². The Hall–Kier alpha value is -1.65. The van der Waals surface area contributed by atoms with Crippen molar-refractivity contribution in [2.45, 2.75) is 70.5 Å². The SMILES string of the molecule is CCCCC/C=C/CC(O)/C=C/C=C/C=C/C(O)CCCC(=O)N(C)C. The number of hydrogen-bond acceptors (Lipinski definition) is 3. The van der Waals surface area contributed by atoms with Crippen LogP contribution in [0.3, 0.4) is 0 Å². The van der Waals surface area contributed by atoms with Crippen LogP contribution >= 0.6 is 0 Å². The fourth-order valence-corrected chi connectivity index (χ4v) is 2.24. The lowest BCUT2D eigenvalue weighted by Gasteiger charge is -2.10. The summed E-state index contributed by atoms with van der Waals surface area (Å²) in [7, 11) is 3.47. The van der Waals surface area contributed by atoms with Crippen LogP contribution < -0.4 is 0 Å². The molecule has 0 rings (SSSR count). The van der Waals surface area contributed by atoms with Crippen LogP contribution in [0.25, 0.3) is 0 Å². The highest BCUT2D eigenvalue weighted by molar-refractivity contribution is 5.75. The first-order valence-corrected chi connectivity index (χ1v) is 9.70. The van der Waals surface area contributed by atoms with Gasteiger partial charge in [0.05, 0.1) is 12.2 Å². The maximum Gasteiger partial charge on any atom is 0.222 e. The van der Waals surface area contributed by atoms with Crippen molar-refractivity contribution in [2.24, 2.45) is 0 Å². The van der Waals surface area contributed by atoms with E-state index in [4.69, 9.17) is 0 Å². The van der Waals surface area contributed by atoms with Gasteiger partial charge in [-0.2, -0.15) is 0 Å². The predicted molar refractivity (Wildman–Crippen MR) is 110 cm³/mol. The van der Waals surface area contributed by atoms with Crippen LogP contribution in [0, 0.1) is 0 Å². The number of aliphatic hydroxyl groups is 2. The molecule has 0 aromatic carbocycles. The van der Waals surface area contributed by atoms with Gasteiger partial charge in [0.1, 0.15) is 0 Å². The van der Waals surface area contributed by atoms with Crippen molar-refractivity contribution in [3.63, 3.8) is 0 Å². The second-order valence-corrected chi connectivity index (χ2v) is 6.67. The standard InChI is InChI=1S/C22H37NO3/c1-4-5-6-7-8-11-15-20(24)16-12-9-10-13-17-21(25)18-14-19-22(26)23(2)3/h8-13,16-17,20-21,24-25H,4-7,14-15,18-19H2,1-3H3/b10-9+,11-8+,16-12+,17-13+. The Morgan fingerprint density at radius 3 is 2.19 bits per heavy atom. The van der Waals surface area contributed by atoms with E-state index in [1.54, 1.807) is 37.2 Å². The summed E-state index contributed by atoms with van der Waals surface area (Å²) in [6.07, 6.45) is 21.0. The molecule has 0 fully saturated rings. The summed E-state index contributed by atoms with van der Waals surface area (Å²) < 4.78 is 0. The summed E-state index contributed by atoms with van der Waals surface area (Å²) in [5.41, 5.74) is 0. The van der Waals surface area contributed by atoms with Gasteiger partial charge < -0.3 is 15.1 Å². The molecule has 0 bridgehead atoms. The smallest absolute Gasteiger partial charge is 0.222 e. The Labute approximate surface area is 159 Å². The van der Waals surface area contributed by atoms with Gasteiger partial charge in [0.2, 0.25) is 5.91 Å². The Morgan fingerprint density at radius 2 is 1.58 bits per heavy atom. The molecule has 2 N–H and O–H groups in total. The van der Waals surface area contributed by atoms with Crippen LogP contribution in [-0.4, -0.2) is 47.3 Å². The molecule has 1 amide bonds. The molecule has 148 valence electrons. The van der Waals surface area contributed by atoms with E-state index in [0.717, 1.165) is 6.42 Å². The van der Waals surface area contributed by atoms with Crippen LogP contribution in [-0.2, 0) is 4.79 Å². The van der Waals surface area contributed by atoms with Gasteiger partial charge in [0.25, 0.3) is 0 Å². The summed E-state index contributed by atoms with van der Waals surface area (Å²) in [5.74, 6) is 0.0839. The molecule has 0 aliphatic rings. The number of hydrogen-bond donors (Lipinski definition) is 2. The van der Waals surface area contributed by atoms with Crippen LogP contribution in [0.15, 0.2) is 48.6 Å². The van der Waals surface area contributed by atoms with Gasteiger partial charge in [-0.25, -0.2) is 0 Å². The molecule has 0 aliphatic carbocycles. The molecule has 0 saturated carbocycles. The second kappa shape index (κ2) is 16.8. The highest BCUT2D eigenvalue weighted by atomic mass is 16.3. The molecular formula is C22H37NO3. The molecule has 26 heavy (non-hydrogen) atoms. The van der Waals surface area contributed by atoms with E-state index in [9.17, 15) is 15.0 Å². The molecule has 0 aromatic heterocycles. The lowest BCUT2D eigenvalue weighted by molar-refractivity contribution is -0.128. The van der Waals surface area contributed by atoms with Crippen molar-refractivity contribution in [1.29, 1.82) is 0 Å². The topological polar surface area (TPSA) is 60.8 Å². The Kier molecular flexibility index (Phi) is 15.7. The summed E-state index contributed by atoms with van der Waals surface area (Å²) in [5, 5.41) is 19.6. The van der Waals surface area contributed by atoms with Crippen molar-refractivity contribution < 1.29 is 15.0 Å². The van der Waals surface area contributed by atoms with Crippen LogP contribution in [0.2, 0.25) is 0 Å². The fraction of sp³-hybridized carbons (Fsp3) is 0.591. The highest BCUT2D eigenvalue weighted by Gasteiger charge is 2.05. The number of carbonyl (C=O) groups is 1. The minimum atomic E-state index is -0.540. The number of unbranched alkanes of at least 4 members (excludes halogenated alkanes) is 3. The molecule has 4 nitrogen and oxygen atoms in total. The number of carbonyl (C=O) groups excluding carboxylic acids is 1. The molecule has 0 heterocycles. The van der Waals surface area contributed by atoms with Crippen molar-refractivity contribution in [1.82, 2.24) is 4.90 Å². The third kappa shape index (κ3) is 15.9. The summed E-state index contributed by atoms with van der Waals surface area (Å²) in [4.78, 5) is 13.0. The second-order valence-electron chi connectivity index (χ2n) is 6.67. The van der Waals surface area contributed by atoms with Crippen LogP contribution in [0.4, 0.5) is 0 Å². The zero-order valence-corrected chi connectivity index (χ0v) is 16.7. The van der Waals surface area contributed by atoms with E-state index in [1.165, 1.54) is 19.3 Å². The van der Waals surface area contributed by atoms with Crippen LogP contribution in [0.1, 0.15) is 58.3 Å². The normalized spacial score (nSPS) is 14.8. The third-order valence-electron chi connectivity index (χ3n) is 3.91. The average Bonchev–Trinajstić information content (AvgIpc) is 2.60. The number of rotatable bonds is 14. The first-order valence-electron chi connectivity index (χ1n) is 9.70. The van der Waals surface area contributed by atoms with Crippen molar-refractivity contribution >= 4 is 5.91 Å². The molecule has 0 spiro atoms. The van der Waals surface area contributed by atoms with E-state index >= 15 is 0 Å². The van der Waals surface area contributed by atoms with Gasteiger partial charge in [-0.1, -0.05) is 68.4 Å². The predicted octanol–water partition coefficient (Wildman–Crippen LogP) is 4.16. The number of amides is 1. The first-order chi connectivity index (χ1) is 12.5. The van der Waals surface area contributed by atoms with E-state index in [2.05, 4.69) is 13.0 Å². The zero-order chi connectivity index (χ0) is 19.6. The van der Waals surface area contributed by atoms with Crippen molar-refractivity contribution in [3.8, 4) is 0 Å². The van der Waals surface area contributed by atoms with Gasteiger partial charge >= 0.3 is 0 Å². The molecule has 0 saturated heterocycles. The Bertz CT molecular complexity index is 464. The third-order valence-corrected chi connectivity index (χ3v) is 3.91. The Morgan fingerprint density at radius 1 is 0.923 bits per heavy atom. The maximum atomic E-state index is 11.4. The molecule has 4 heteroatoms. The molecule has 2 unspecified atom stereocenters. The number of allylic oxidation sites excluding steroid dienone is 5. The molecule has 0 aromatic rings. The molecular weight excluding hydrogens is 326 g/mol. The summed E-state index contributed by atoms with van der Waals surface area (Å²) in [6.45, 7) is 2.19. The minimum Gasteiger partial charge on any atom is -0.389 e. The van der Waals surface area contributed by atoms with E-state index in [1.807, 2.05) is 24.3 Å². The molecule has 0 aliphatic heterocycles. The van der Waals surface area contributed by atoms with Gasteiger partial charge in [0.15, 0.2) is 0 Å². The minimum absolute atomic E-state index is 0.0839. The van der Waals surface area contributed by atoms with Gasteiger partial charge in [0, 0.05) is 20.5 Å². The average molecular weight is 364 g/mol. The van der Waals surface area contributed by atoms with Crippen LogP contribution in [0.5, 0.6) is 0 Å². The van der Waals surface area contributed by atoms with E-state index in [0.29, 0.717) is 25.7 Å². The van der Waals surface area contributed by atoms with Gasteiger partial charge in [-0.05, 0) is 32.1 Å². The number of nitrogens with zero attached hydrogens (tertiary/aromatic N) is 1. The molecule has 0 radical (unpaired) electrons. The number of aliphatic hydroxyl groups excluding tert-OH is 2. The maximum absolute atomic E-state index is 11.4. The highest BCUT2D eigenvalue weighted by Crippen LogP contribution is 2.04. The van der Waals surface area contributed by atoms with E-state index < -0.39 is 12.2 Å². The fourth-order valence-electron chi connectivity index (χ4n) is 2.24. The lowest BCUT2D eigenvalue weighted by atomic mass is 10.1. The Balaban J connectivity index is 3.86.